The summed E-state index contributed by atoms with van der Waals surface area (Å²) in [5.74, 6) is 1.17. The molecule has 7 heteroatoms. The van der Waals surface area contributed by atoms with Crippen molar-refractivity contribution in [2.75, 3.05) is 17.2 Å². The van der Waals surface area contributed by atoms with Crippen LogP contribution in [0.3, 0.4) is 0 Å². The van der Waals surface area contributed by atoms with Gasteiger partial charge in [-0.15, -0.1) is 10.2 Å². The zero-order valence-corrected chi connectivity index (χ0v) is 16.2. The van der Waals surface area contributed by atoms with Crippen LogP contribution in [0.15, 0.2) is 23.4 Å². The standard InChI is InChI=1S/C19H23N5OS/c1-13-9-14(2)11-17(10-13)23(8-4-7-20)18(25)12-26-19-22-21-15(3)24(19)16-5-6-16/h9-11,16H,4-6,8,12H2,1-3H3. The van der Waals surface area contributed by atoms with Gasteiger partial charge in [-0.1, -0.05) is 17.8 Å². The fraction of sp³-hybridized carbons (Fsp3) is 0.474. The Morgan fingerprint density at radius 3 is 2.58 bits per heavy atom. The van der Waals surface area contributed by atoms with E-state index in [4.69, 9.17) is 5.26 Å². The van der Waals surface area contributed by atoms with Crippen LogP contribution in [0.25, 0.3) is 0 Å². The van der Waals surface area contributed by atoms with E-state index in [-0.39, 0.29) is 11.7 Å². The first kappa shape index (κ1) is 18.5. The van der Waals surface area contributed by atoms with E-state index in [0.717, 1.165) is 40.6 Å². The molecule has 0 saturated heterocycles. The highest BCUT2D eigenvalue weighted by Gasteiger charge is 2.29. The van der Waals surface area contributed by atoms with Crippen molar-refractivity contribution in [2.45, 2.75) is 51.2 Å². The molecule has 1 fully saturated rings. The van der Waals surface area contributed by atoms with Crippen LogP contribution in [0, 0.1) is 32.1 Å². The van der Waals surface area contributed by atoms with Gasteiger partial charge >= 0.3 is 0 Å². The third-order valence-corrected chi connectivity index (χ3v) is 5.27. The maximum absolute atomic E-state index is 12.9. The zero-order chi connectivity index (χ0) is 18.7. The third kappa shape index (κ3) is 4.25. The molecular weight excluding hydrogens is 346 g/mol. The number of hydrogen-bond donors (Lipinski definition) is 0. The van der Waals surface area contributed by atoms with Crippen LogP contribution in [-0.2, 0) is 4.79 Å². The number of carbonyl (C=O) groups excluding carboxylic acids is 1. The number of hydrogen-bond acceptors (Lipinski definition) is 5. The lowest BCUT2D eigenvalue weighted by Gasteiger charge is -2.22. The van der Waals surface area contributed by atoms with E-state index >= 15 is 0 Å². The number of thioether (sulfide) groups is 1. The lowest BCUT2D eigenvalue weighted by atomic mass is 10.1. The van der Waals surface area contributed by atoms with E-state index in [1.807, 2.05) is 32.9 Å². The van der Waals surface area contributed by atoms with Gasteiger partial charge in [-0.3, -0.25) is 4.79 Å². The molecule has 1 amide bonds. The van der Waals surface area contributed by atoms with Crippen molar-refractivity contribution in [1.82, 2.24) is 14.8 Å². The summed E-state index contributed by atoms with van der Waals surface area (Å²) in [5.41, 5.74) is 3.06. The Labute approximate surface area is 158 Å². The van der Waals surface area contributed by atoms with Gasteiger partial charge < -0.3 is 9.47 Å². The Balaban J connectivity index is 1.74. The maximum atomic E-state index is 12.9. The molecular formula is C19H23N5OS. The number of aromatic nitrogens is 3. The lowest BCUT2D eigenvalue weighted by Crippen LogP contribution is -2.33. The van der Waals surface area contributed by atoms with E-state index in [9.17, 15) is 4.79 Å². The molecule has 0 bridgehead atoms. The molecule has 0 N–H and O–H groups in total. The lowest BCUT2D eigenvalue weighted by molar-refractivity contribution is -0.116. The Morgan fingerprint density at radius 2 is 1.96 bits per heavy atom. The van der Waals surface area contributed by atoms with Crippen LogP contribution in [-0.4, -0.2) is 33.0 Å². The topological polar surface area (TPSA) is 74.8 Å². The summed E-state index contributed by atoms with van der Waals surface area (Å²) < 4.78 is 2.13. The molecule has 1 aromatic heterocycles. The summed E-state index contributed by atoms with van der Waals surface area (Å²) in [5, 5.41) is 18.1. The first-order valence-corrected chi connectivity index (χ1v) is 9.78. The number of carbonyl (C=O) groups is 1. The van der Waals surface area contributed by atoms with Crippen LogP contribution in [0.4, 0.5) is 5.69 Å². The number of amides is 1. The monoisotopic (exact) mass is 369 g/mol. The largest absolute Gasteiger partial charge is 0.311 e. The SMILES string of the molecule is Cc1cc(C)cc(N(CCC#N)C(=O)CSc2nnc(C)n2C2CC2)c1. The van der Waals surface area contributed by atoms with Crippen molar-refractivity contribution in [2.24, 2.45) is 0 Å². The summed E-state index contributed by atoms with van der Waals surface area (Å²) in [6, 6.07) is 8.67. The predicted octanol–water partition coefficient (Wildman–Crippen LogP) is 3.58. The second-order valence-electron chi connectivity index (χ2n) is 6.72. The van der Waals surface area contributed by atoms with Crippen LogP contribution in [0.2, 0.25) is 0 Å². The second kappa shape index (κ2) is 7.92. The first-order valence-electron chi connectivity index (χ1n) is 8.79. The Kier molecular flexibility index (Phi) is 5.62. The number of nitriles is 1. The Morgan fingerprint density at radius 1 is 1.27 bits per heavy atom. The van der Waals surface area contributed by atoms with E-state index in [1.165, 1.54) is 11.8 Å². The summed E-state index contributed by atoms with van der Waals surface area (Å²) in [6.45, 7) is 6.37. The smallest absolute Gasteiger partial charge is 0.237 e. The van der Waals surface area contributed by atoms with Gasteiger partial charge in [0.2, 0.25) is 5.91 Å². The molecule has 1 aliphatic rings. The van der Waals surface area contributed by atoms with E-state index < -0.39 is 0 Å². The molecule has 1 aliphatic carbocycles. The van der Waals surface area contributed by atoms with Gasteiger partial charge in [0.1, 0.15) is 5.82 Å². The molecule has 0 unspecified atom stereocenters. The molecule has 0 atom stereocenters. The average Bonchev–Trinajstić information content (AvgIpc) is 3.35. The highest BCUT2D eigenvalue weighted by atomic mass is 32.2. The van der Waals surface area contributed by atoms with Crippen molar-refractivity contribution in [3.8, 4) is 6.07 Å². The molecule has 1 aromatic carbocycles. The number of benzene rings is 1. The van der Waals surface area contributed by atoms with Gasteiger partial charge in [0.25, 0.3) is 0 Å². The van der Waals surface area contributed by atoms with Gasteiger partial charge in [0.15, 0.2) is 5.16 Å². The fourth-order valence-corrected chi connectivity index (χ4v) is 4.00. The Bertz CT molecular complexity index is 830. The minimum atomic E-state index is -0.0155. The molecule has 136 valence electrons. The van der Waals surface area contributed by atoms with Crippen LogP contribution in [0.5, 0.6) is 0 Å². The summed E-state index contributed by atoms with van der Waals surface area (Å²) >= 11 is 1.42. The van der Waals surface area contributed by atoms with Crippen LogP contribution >= 0.6 is 11.8 Å². The van der Waals surface area contributed by atoms with Gasteiger partial charge in [0.05, 0.1) is 18.2 Å². The number of aryl methyl sites for hydroxylation is 3. The minimum absolute atomic E-state index is 0.0155. The van der Waals surface area contributed by atoms with Crippen LogP contribution in [0.1, 0.15) is 42.3 Å². The molecule has 0 aliphatic heterocycles. The summed E-state index contributed by atoms with van der Waals surface area (Å²) in [4.78, 5) is 14.6. The van der Waals surface area contributed by atoms with Gasteiger partial charge in [-0.25, -0.2) is 0 Å². The molecule has 26 heavy (non-hydrogen) atoms. The molecule has 0 radical (unpaired) electrons. The fourth-order valence-electron chi connectivity index (χ4n) is 3.07. The van der Waals surface area contributed by atoms with Gasteiger partial charge in [-0.05, 0) is 56.9 Å². The highest BCUT2D eigenvalue weighted by Crippen LogP contribution is 2.38. The quantitative estimate of drug-likeness (QED) is 0.697. The molecule has 6 nitrogen and oxygen atoms in total. The van der Waals surface area contributed by atoms with Crippen LogP contribution < -0.4 is 4.90 Å². The Hall–Kier alpha value is -2.33. The van der Waals surface area contributed by atoms with Crippen molar-refractivity contribution in [3.05, 3.63) is 35.2 Å². The molecule has 1 saturated carbocycles. The van der Waals surface area contributed by atoms with Crippen molar-refractivity contribution in [3.63, 3.8) is 0 Å². The zero-order valence-electron chi connectivity index (χ0n) is 15.4. The molecule has 1 heterocycles. The molecule has 3 rings (SSSR count). The highest BCUT2D eigenvalue weighted by molar-refractivity contribution is 7.99. The summed E-state index contributed by atoms with van der Waals surface area (Å²) in [7, 11) is 0. The van der Waals surface area contributed by atoms with E-state index in [2.05, 4.69) is 26.9 Å². The second-order valence-corrected chi connectivity index (χ2v) is 7.66. The van der Waals surface area contributed by atoms with Gasteiger partial charge in [0, 0.05) is 18.3 Å². The van der Waals surface area contributed by atoms with Crippen molar-refractivity contribution >= 4 is 23.4 Å². The normalized spacial score (nSPS) is 13.5. The van der Waals surface area contributed by atoms with Crippen molar-refractivity contribution < 1.29 is 4.79 Å². The maximum Gasteiger partial charge on any atom is 0.237 e. The summed E-state index contributed by atoms with van der Waals surface area (Å²) in [6.07, 6.45) is 2.61. The number of nitrogens with zero attached hydrogens (tertiary/aromatic N) is 5. The average molecular weight is 369 g/mol. The number of anilines is 1. The van der Waals surface area contributed by atoms with Crippen molar-refractivity contribution in [1.29, 1.82) is 5.26 Å². The molecule has 2 aromatic rings. The van der Waals surface area contributed by atoms with E-state index in [1.54, 1.807) is 4.90 Å². The first-order chi connectivity index (χ1) is 12.5. The van der Waals surface area contributed by atoms with Gasteiger partial charge in [-0.2, -0.15) is 5.26 Å². The number of rotatable bonds is 7. The third-order valence-electron chi connectivity index (χ3n) is 4.34. The van der Waals surface area contributed by atoms with E-state index in [0.29, 0.717) is 19.0 Å². The predicted molar refractivity (Wildman–Crippen MR) is 102 cm³/mol. The minimum Gasteiger partial charge on any atom is -0.311 e. The molecule has 0 spiro atoms.